The van der Waals surface area contributed by atoms with E-state index in [9.17, 15) is 35.4 Å². The van der Waals surface area contributed by atoms with Crippen LogP contribution in [0.4, 0.5) is 5.69 Å². The lowest BCUT2D eigenvalue weighted by molar-refractivity contribution is -0.361. The van der Waals surface area contributed by atoms with E-state index in [1.54, 1.807) is 0 Å². The van der Waals surface area contributed by atoms with Gasteiger partial charge >= 0.3 is 0 Å². The minimum absolute atomic E-state index is 0.00729. The van der Waals surface area contributed by atoms with Gasteiger partial charge in [-0.25, -0.2) is 0 Å². The maximum atomic E-state index is 12.6. The van der Waals surface area contributed by atoms with Crippen molar-refractivity contribution in [1.29, 1.82) is 0 Å². The molecule has 10 atom stereocenters. The number of Topliss-reactive ketones (excluding diaryl/α,β-unsaturated/α-hetero) is 1. The van der Waals surface area contributed by atoms with E-state index in [2.05, 4.69) is 20.1 Å². The molecule has 0 spiro atoms. The number of azide groups is 2. The van der Waals surface area contributed by atoms with Crippen LogP contribution in [-0.4, -0.2) is 131 Å². The third-order valence-electron chi connectivity index (χ3n) is 6.44. The van der Waals surface area contributed by atoms with Crippen LogP contribution in [0.3, 0.4) is 0 Å². The molecule has 2 aliphatic heterocycles. The highest BCUT2D eigenvalue weighted by Gasteiger charge is 2.51. The summed E-state index contributed by atoms with van der Waals surface area (Å²) in [7, 11) is 0. The summed E-state index contributed by atoms with van der Waals surface area (Å²) in [6, 6.07) is 5.63. The van der Waals surface area contributed by atoms with E-state index in [1.807, 2.05) is 0 Å². The van der Waals surface area contributed by atoms with E-state index in [-0.39, 0.29) is 24.4 Å². The van der Waals surface area contributed by atoms with Gasteiger partial charge in [-0.1, -0.05) is 34.5 Å². The molecule has 41 heavy (non-hydrogen) atoms. The summed E-state index contributed by atoms with van der Waals surface area (Å²) in [4.78, 5) is 17.8. The molecule has 18 nitrogen and oxygen atoms in total. The van der Waals surface area contributed by atoms with Crippen molar-refractivity contribution in [3.63, 3.8) is 0 Å². The molecule has 0 bridgehead atoms. The second kappa shape index (κ2) is 15.9. The highest BCUT2D eigenvalue weighted by Crippen LogP contribution is 2.30. The quantitative estimate of drug-likeness (QED) is 0.0514. The number of aliphatic hydroxyl groups excluding tert-OH is 6. The predicted octanol–water partition coefficient (Wildman–Crippen LogP) is -0.824. The normalized spacial score (nSPS) is 33.4. The topological polar surface area (TPSA) is 282 Å². The first-order chi connectivity index (χ1) is 19.7. The van der Waals surface area contributed by atoms with Gasteiger partial charge in [0, 0.05) is 34.2 Å². The molecule has 226 valence electrons. The molecule has 2 saturated heterocycles. The minimum atomic E-state index is -1.76. The number of carbonyl (C=O) groups excluding carboxylic acids is 1. The first-order valence-electron chi connectivity index (χ1n) is 12.6. The Morgan fingerprint density at radius 1 is 0.854 bits per heavy atom. The van der Waals surface area contributed by atoms with Gasteiger partial charge in [-0.3, -0.25) is 4.79 Å². The van der Waals surface area contributed by atoms with Crippen molar-refractivity contribution in [3.8, 4) is 0 Å². The summed E-state index contributed by atoms with van der Waals surface area (Å²) in [5.74, 6) is -0.536. The Hall–Kier alpha value is -2.93. The summed E-state index contributed by atoms with van der Waals surface area (Å²) < 4.78 is 27.5. The summed E-state index contributed by atoms with van der Waals surface area (Å²) >= 11 is 0. The van der Waals surface area contributed by atoms with Gasteiger partial charge in [0.2, 0.25) is 0 Å². The van der Waals surface area contributed by atoms with Gasteiger partial charge in [-0.15, -0.1) is 0 Å². The lowest BCUT2D eigenvalue weighted by Crippen LogP contribution is -2.65. The number of ether oxygens (including phenoxy) is 5. The van der Waals surface area contributed by atoms with Crippen LogP contribution >= 0.6 is 0 Å². The number of ketones is 1. The minimum Gasteiger partial charge on any atom is -0.394 e. The largest absolute Gasteiger partial charge is 0.394 e. The number of hydrogen-bond donors (Lipinski definition) is 6. The fourth-order valence-electron chi connectivity index (χ4n) is 4.28. The molecule has 18 heteroatoms. The monoisotopic (exact) mass is 584 g/mol. The van der Waals surface area contributed by atoms with Gasteiger partial charge in [0.25, 0.3) is 0 Å². The van der Waals surface area contributed by atoms with Crippen molar-refractivity contribution in [2.24, 2.45) is 10.2 Å². The molecular weight excluding hydrogens is 552 g/mol. The van der Waals surface area contributed by atoms with Crippen LogP contribution in [0.2, 0.25) is 0 Å². The average Bonchev–Trinajstić information content (AvgIpc) is 2.97. The molecule has 0 aliphatic carbocycles. The van der Waals surface area contributed by atoms with Gasteiger partial charge < -0.3 is 54.3 Å². The molecule has 1 aromatic rings. The molecule has 6 N–H and O–H groups in total. The highest BCUT2D eigenvalue weighted by atomic mass is 16.7. The van der Waals surface area contributed by atoms with E-state index in [0.29, 0.717) is 6.42 Å². The van der Waals surface area contributed by atoms with Crippen LogP contribution in [0.5, 0.6) is 0 Å². The molecular formula is C23H32N6O12. The van der Waals surface area contributed by atoms with Gasteiger partial charge in [0.05, 0.1) is 13.2 Å². The van der Waals surface area contributed by atoms with Crippen LogP contribution < -0.4 is 0 Å². The van der Waals surface area contributed by atoms with E-state index >= 15 is 0 Å². The molecule has 0 saturated carbocycles. The van der Waals surface area contributed by atoms with Crippen molar-refractivity contribution in [1.82, 2.24) is 0 Å². The first kappa shape index (κ1) is 32.6. The summed E-state index contributed by atoms with van der Waals surface area (Å²) in [5.41, 5.74) is 17.3. The van der Waals surface area contributed by atoms with Gasteiger partial charge in [0.15, 0.2) is 18.4 Å². The third kappa shape index (κ3) is 8.31. The van der Waals surface area contributed by atoms with Crippen LogP contribution in [0.25, 0.3) is 20.9 Å². The number of hydrogen-bond acceptors (Lipinski definition) is 14. The fraction of sp³-hybridized carbons (Fsp3) is 0.696. The first-order valence-corrected chi connectivity index (χ1v) is 12.6. The van der Waals surface area contributed by atoms with Crippen LogP contribution in [0.15, 0.2) is 34.5 Å². The molecule has 0 radical (unpaired) electrons. The van der Waals surface area contributed by atoms with E-state index in [1.165, 1.54) is 24.3 Å². The second-order valence-corrected chi connectivity index (χ2v) is 9.13. The summed E-state index contributed by atoms with van der Waals surface area (Å²) in [5, 5.41) is 69.0. The predicted molar refractivity (Wildman–Crippen MR) is 134 cm³/mol. The van der Waals surface area contributed by atoms with Crippen LogP contribution in [0.1, 0.15) is 16.8 Å². The highest BCUT2D eigenvalue weighted by molar-refractivity contribution is 5.97. The molecule has 2 fully saturated rings. The molecule has 1 aromatic carbocycles. The SMILES string of the molecule is [N-]=[N+]=NCCCO[C@@H]1O[C@H](CO)[C@@H](O[C@@H]2O[C@H](CO)[C@H](O)[C@H](OCC(=O)c3ccc(N=[N+]=[N-])cc3)[C@H]2O)[C@H](O)[C@H]1O. The second-order valence-electron chi connectivity index (χ2n) is 9.13. The fourth-order valence-corrected chi connectivity index (χ4v) is 4.28. The Labute approximate surface area is 232 Å². The Morgan fingerprint density at radius 3 is 2.17 bits per heavy atom. The van der Waals surface area contributed by atoms with E-state index in [4.69, 9.17) is 34.7 Å². The van der Waals surface area contributed by atoms with Gasteiger partial charge in [0.1, 0.15) is 55.4 Å². The number of nitrogens with zero attached hydrogens (tertiary/aromatic N) is 6. The Kier molecular flexibility index (Phi) is 12.6. The van der Waals surface area contributed by atoms with E-state index < -0.39 is 87.0 Å². The standard InChI is InChI=1S/C23H32N6O12/c24-28-26-6-1-7-37-22-18(35)17(34)20(15(9-31)40-22)41-23-19(36)21(16(33)14(8-30)39-23)38-10-13(32)11-2-4-12(5-3-11)27-29-25/h2-5,14-23,30-31,33-36H,1,6-10H2/t14-,15-,16+,17-,18-,19-,20-,21+,22-,23+/m1/s1. The van der Waals surface area contributed by atoms with Crippen LogP contribution in [0, 0.1) is 0 Å². The van der Waals surface area contributed by atoms with Gasteiger partial charge in [-0.2, -0.15) is 0 Å². The number of aliphatic hydroxyl groups is 6. The lowest BCUT2D eigenvalue weighted by Gasteiger charge is -2.46. The molecule has 0 amide bonds. The molecule has 0 aromatic heterocycles. The van der Waals surface area contributed by atoms with Crippen molar-refractivity contribution in [2.75, 3.05) is 33.0 Å². The van der Waals surface area contributed by atoms with Crippen molar-refractivity contribution in [3.05, 3.63) is 50.7 Å². The molecule has 2 heterocycles. The third-order valence-corrected chi connectivity index (χ3v) is 6.44. The van der Waals surface area contributed by atoms with Crippen molar-refractivity contribution in [2.45, 2.75) is 67.8 Å². The number of carbonyl (C=O) groups is 1. The summed E-state index contributed by atoms with van der Waals surface area (Å²) in [6.07, 6.45) is -15.0. The zero-order valence-electron chi connectivity index (χ0n) is 21.6. The molecule has 3 rings (SSSR count). The van der Waals surface area contributed by atoms with Gasteiger partial charge in [-0.05, 0) is 17.5 Å². The van der Waals surface area contributed by atoms with Crippen molar-refractivity contribution < 1.29 is 59.1 Å². The number of benzene rings is 1. The lowest BCUT2D eigenvalue weighted by atomic mass is 9.96. The van der Waals surface area contributed by atoms with Crippen molar-refractivity contribution >= 4 is 11.5 Å². The zero-order chi connectivity index (χ0) is 29.9. The number of rotatable bonds is 14. The molecule has 2 aliphatic rings. The zero-order valence-corrected chi connectivity index (χ0v) is 21.6. The smallest absolute Gasteiger partial charge is 0.188 e. The maximum Gasteiger partial charge on any atom is 0.188 e. The van der Waals surface area contributed by atoms with Crippen LogP contribution in [-0.2, 0) is 23.7 Å². The Bertz CT molecular complexity index is 1080. The molecule has 0 unspecified atom stereocenters. The summed E-state index contributed by atoms with van der Waals surface area (Å²) in [6.45, 7) is -1.90. The Balaban J connectivity index is 1.66. The maximum absolute atomic E-state index is 12.6. The van der Waals surface area contributed by atoms with E-state index in [0.717, 1.165) is 0 Å². The average molecular weight is 585 g/mol. The Morgan fingerprint density at radius 2 is 1.54 bits per heavy atom.